The maximum Gasteiger partial charge on any atom is 0.189 e. The molecule has 2 heterocycles. The average molecular weight is 251 g/mol. The van der Waals surface area contributed by atoms with Crippen molar-refractivity contribution in [2.24, 2.45) is 10.7 Å². The summed E-state index contributed by atoms with van der Waals surface area (Å²) in [6, 6.07) is 0. The normalized spacial score (nSPS) is 20.3. The van der Waals surface area contributed by atoms with Crippen LogP contribution >= 0.6 is 0 Å². The lowest BCUT2D eigenvalue weighted by Crippen LogP contribution is -2.37. The molecule has 1 aliphatic heterocycles. The zero-order valence-electron chi connectivity index (χ0n) is 10.8. The molecule has 100 valence electrons. The van der Waals surface area contributed by atoms with Gasteiger partial charge in [-0.1, -0.05) is 0 Å². The van der Waals surface area contributed by atoms with Crippen molar-refractivity contribution in [2.75, 3.05) is 13.2 Å². The Hall–Kier alpha value is -1.56. The molecule has 6 heteroatoms. The smallest absolute Gasteiger partial charge is 0.189 e. The maximum absolute atomic E-state index is 5.80. The Kier molecular flexibility index (Phi) is 4.58. The van der Waals surface area contributed by atoms with E-state index >= 15 is 0 Å². The van der Waals surface area contributed by atoms with Gasteiger partial charge in [-0.05, 0) is 19.8 Å². The molecule has 0 bridgehead atoms. The van der Waals surface area contributed by atoms with E-state index in [1.165, 1.54) is 0 Å². The van der Waals surface area contributed by atoms with Crippen molar-refractivity contribution in [3.8, 4) is 0 Å². The number of aryl methyl sites for hydroxylation is 1. The molecule has 1 aromatic heterocycles. The number of aromatic nitrogens is 2. The molecule has 3 N–H and O–H groups in total. The molecular formula is C12H21N5O. The predicted octanol–water partition coefficient (Wildman–Crippen LogP) is 0.486. The Morgan fingerprint density at radius 1 is 1.72 bits per heavy atom. The quantitative estimate of drug-likeness (QED) is 0.589. The van der Waals surface area contributed by atoms with E-state index in [9.17, 15) is 0 Å². The third-order valence-corrected chi connectivity index (χ3v) is 2.98. The molecule has 1 aliphatic rings. The van der Waals surface area contributed by atoms with Crippen LogP contribution in [0, 0.1) is 0 Å². The lowest BCUT2D eigenvalue weighted by atomic mass is 10.2. The van der Waals surface area contributed by atoms with Gasteiger partial charge in [-0.2, -0.15) is 5.10 Å². The van der Waals surface area contributed by atoms with Gasteiger partial charge in [0.05, 0.1) is 18.8 Å². The summed E-state index contributed by atoms with van der Waals surface area (Å²) in [7, 11) is 0. The highest BCUT2D eigenvalue weighted by Gasteiger charge is 2.14. The second-order valence-electron chi connectivity index (χ2n) is 4.42. The summed E-state index contributed by atoms with van der Waals surface area (Å²) >= 11 is 0. The van der Waals surface area contributed by atoms with E-state index in [0.29, 0.717) is 12.5 Å². The van der Waals surface area contributed by atoms with Gasteiger partial charge in [0.2, 0.25) is 0 Å². The molecule has 18 heavy (non-hydrogen) atoms. The number of nitrogens with zero attached hydrogens (tertiary/aromatic N) is 3. The van der Waals surface area contributed by atoms with Crippen LogP contribution in [0.25, 0.3) is 0 Å². The van der Waals surface area contributed by atoms with Crippen molar-refractivity contribution < 1.29 is 4.74 Å². The number of guanidine groups is 1. The third kappa shape index (κ3) is 3.73. The van der Waals surface area contributed by atoms with Gasteiger partial charge in [-0.3, -0.25) is 4.68 Å². The monoisotopic (exact) mass is 251 g/mol. The first-order chi connectivity index (χ1) is 8.78. The summed E-state index contributed by atoms with van der Waals surface area (Å²) in [4.78, 5) is 4.28. The van der Waals surface area contributed by atoms with Crippen molar-refractivity contribution in [3.63, 3.8) is 0 Å². The fourth-order valence-electron chi connectivity index (χ4n) is 1.92. The zero-order valence-corrected chi connectivity index (χ0v) is 10.8. The topological polar surface area (TPSA) is 77.5 Å². The van der Waals surface area contributed by atoms with Gasteiger partial charge >= 0.3 is 0 Å². The van der Waals surface area contributed by atoms with Crippen molar-refractivity contribution in [2.45, 2.75) is 39.0 Å². The number of hydrogen-bond acceptors (Lipinski definition) is 3. The second kappa shape index (κ2) is 6.39. The fourth-order valence-corrected chi connectivity index (χ4v) is 1.92. The van der Waals surface area contributed by atoms with Gasteiger partial charge in [0.15, 0.2) is 5.96 Å². The highest BCUT2D eigenvalue weighted by atomic mass is 16.5. The van der Waals surface area contributed by atoms with Gasteiger partial charge in [0, 0.05) is 31.5 Å². The number of rotatable bonds is 5. The number of nitrogens with one attached hydrogen (secondary N) is 1. The molecule has 1 unspecified atom stereocenters. The second-order valence-corrected chi connectivity index (χ2v) is 4.42. The molecule has 1 saturated heterocycles. The predicted molar refractivity (Wildman–Crippen MR) is 70.2 cm³/mol. The molecule has 0 radical (unpaired) electrons. The highest BCUT2D eigenvalue weighted by molar-refractivity contribution is 5.77. The molecular weight excluding hydrogens is 230 g/mol. The minimum absolute atomic E-state index is 0.279. The minimum atomic E-state index is 0.279. The highest BCUT2D eigenvalue weighted by Crippen LogP contribution is 2.10. The van der Waals surface area contributed by atoms with E-state index in [1.807, 2.05) is 17.1 Å². The van der Waals surface area contributed by atoms with Crippen LogP contribution in [-0.2, 0) is 17.8 Å². The molecule has 1 fully saturated rings. The number of nitrogens with two attached hydrogens (primary N) is 1. The van der Waals surface area contributed by atoms with E-state index in [1.54, 1.807) is 0 Å². The van der Waals surface area contributed by atoms with E-state index < -0.39 is 0 Å². The number of aliphatic imine (C=N–C) groups is 1. The first-order valence-corrected chi connectivity index (χ1v) is 6.44. The van der Waals surface area contributed by atoms with Crippen molar-refractivity contribution in [3.05, 3.63) is 18.0 Å². The minimum Gasteiger partial charge on any atom is -0.376 e. The number of hydrogen-bond donors (Lipinski definition) is 2. The molecule has 0 spiro atoms. The summed E-state index contributed by atoms with van der Waals surface area (Å²) in [5.41, 5.74) is 6.86. The van der Waals surface area contributed by atoms with Crippen LogP contribution in [0.5, 0.6) is 0 Å². The Morgan fingerprint density at radius 3 is 3.28 bits per heavy atom. The van der Waals surface area contributed by atoms with Gasteiger partial charge in [0.25, 0.3) is 0 Å². The lowest BCUT2D eigenvalue weighted by Gasteiger charge is -2.10. The Bertz CT molecular complexity index is 395. The summed E-state index contributed by atoms with van der Waals surface area (Å²) < 4.78 is 7.37. The van der Waals surface area contributed by atoms with Crippen LogP contribution in [0.1, 0.15) is 25.3 Å². The van der Waals surface area contributed by atoms with Crippen LogP contribution in [0.4, 0.5) is 0 Å². The standard InChI is InChI=1S/C12H21N5O/c1-2-17-9-10(7-16-17)6-14-12(13)15-8-11-4-3-5-18-11/h7,9,11H,2-6,8H2,1H3,(H3,13,14,15). The van der Waals surface area contributed by atoms with E-state index in [4.69, 9.17) is 10.5 Å². The fraction of sp³-hybridized carbons (Fsp3) is 0.667. The molecule has 0 saturated carbocycles. The first-order valence-electron chi connectivity index (χ1n) is 6.44. The maximum atomic E-state index is 5.80. The Morgan fingerprint density at radius 2 is 2.61 bits per heavy atom. The average Bonchev–Trinajstić information content (AvgIpc) is 3.04. The first kappa shape index (κ1) is 12.9. The molecule has 0 amide bonds. The van der Waals surface area contributed by atoms with Gasteiger partial charge < -0.3 is 15.8 Å². The Labute approximate surface area is 107 Å². The third-order valence-electron chi connectivity index (χ3n) is 2.98. The van der Waals surface area contributed by atoms with Crippen molar-refractivity contribution in [1.29, 1.82) is 0 Å². The SMILES string of the molecule is CCn1cc(CN=C(N)NCC2CCCO2)cn1. The van der Waals surface area contributed by atoms with Crippen LogP contribution in [0.2, 0.25) is 0 Å². The zero-order chi connectivity index (χ0) is 12.8. The van der Waals surface area contributed by atoms with E-state index in [0.717, 1.165) is 38.1 Å². The Balaban J connectivity index is 1.73. The number of ether oxygens (including phenoxy) is 1. The molecule has 1 aromatic rings. The van der Waals surface area contributed by atoms with Crippen molar-refractivity contribution in [1.82, 2.24) is 15.1 Å². The summed E-state index contributed by atoms with van der Waals surface area (Å²) in [5.74, 6) is 0.467. The molecule has 1 atom stereocenters. The molecule has 2 rings (SSSR count). The molecule has 6 nitrogen and oxygen atoms in total. The van der Waals surface area contributed by atoms with Crippen LogP contribution in [0.15, 0.2) is 17.4 Å². The lowest BCUT2D eigenvalue weighted by molar-refractivity contribution is 0.114. The van der Waals surface area contributed by atoms with Crippen LogP contribution in [0.3, 0.4) is 0 Å². The van der Waals surface area contributed by atoms with E-state index in [-0.39, 0.29) is 6.10 Å². The summed E-state index contributed by atoms with van der Waals surface area (Å²) in [6.45, 7) is 5.08. The van der Waals surface area contributed by atoms with Gasteiger partial charge in [-0.15, -0.1) is 0 Å². The molecule has 0 aromatic carbocycles. The van der Waals surface area contributed by atoms with Crippen molar-refractivity contribution >= 4 is 5.96 Å². The molecule has 0 aliphatic carbocycles. The van der Waals surface area contributed by atoms with Crippen LogP contribution < -0.4 is 11.1 Å². The van der Waals surface area contributed by atoms with E-state index in [2.05, 4.69) is 22.3 Å². The van der Waals surface area contributed by atoms with Crippen LogP contribution in [-0.4, -0.2) is 35.0 Å². The van der Waals surface area contributed by atoms with Gasteiger partial charge in [-0.25, -0.2) is 4.99 Å². The van der Waals surface area contributed by atoms with Gasteiger partial charge in [0.1, 0.15) is 0 Å². The summed E-state index contributed by atoms with van der Waals surface area (Å²) in [6.07, 6.45) is 6.32. The summed E-state index contributed by atoms with van der Waals surface area (Å²) in [5, 5.41) is 7.28. The largest absolute Gasteiger partial charge is 0.376 e.